The van der Waals surface area contributed by atoms with Crippen molar-refractivity contribution in [3.8, 4) is 17.2 Å². The van der Waals surface area contributed by atoms with Gasteiger partial charge in [-0.1, -0.05) is 23.7 Å². The Bertz CT molecular complexity index is 918. The van der Waals surface area contributed by atoms with E-state index in [9.17, 15) is 8.42 Å². The van der Waals surface area contributed by atoms with Gasteiger partial charge in [0.05, 0.1) is 11.8 Å². The van der Waals surface area contributed by atoms with Crippen LogP contribution in [0.15, 0.2) is 46.9 Å². The van der Waals surface area contributed by atoms with Crippen molar-refractivity contribution in [1.29, 1.82) is 0 Å². The fraction of sp³-hybridized carbons (Fsp3) is 0.0714. The van der Waals surface area contributed by atoms with Crippen molar-refractivity contribution in [3.05, 3.63) is 47.5 Å². The third-order valence-corrected chi connectivity index (χ3v) is 3.43. The van der Waals surface area contributed by atoms with Gasteiger partial charge in [-0.25, -0.2) is 4.98 Å². The molecule has 7 heteroatoms. The van der Waals surface area contributed by atoms with Crippen LogP contribution in [0.25, 0.3) is 22.6 Å². The smallest absolute Gasteiger partial charge is 0.306 e. The first-order valence-electron chi connectivity index (χ1n) is 5.97. The molecule has 0 spiro atoms. The average molecular weight is 324 g/mol. The van der Waals surface area contributed by atoms with Crippen LogP contribution in [0.4, 0.5) is 0 Å². The number of benzene rings is 2. The summed E-state index contributed by atoms with van der Waals surface area (Å²) in [4.78, 5) is 4.31. The second-order valence-electron chi connectivity index (χ2n) is 4.41. The van der Waals surface area contributed by atoms with E-state index in [-0.39, 0.29) is 11.6 Å². The molecule has 3 rings (SSSR count). The van der Waals surface area contributed by atoms with E-state index >= 15 is 0 Å². The van der Waals surface area contributed by atoms with Gasteiger partial charge < -0.3 is 8.60 Å². The van der Waals surface area contributed by atoms with Crippen molar-refractivity contribution in [2.24, 2.45) is 0 Å². The number of para-hydroxylation sites is 1. The molecule has 0 saturated carbocycles. The van der Waals surface area contributed by atoms with Gasteiger partial charge in [-0.05, 0) is 30.3 Å². The second-order valence-corrected chi connectivity index (χ2v) is 6.43. The largest absolute Gasteiger partial charge is 0.436 e. The number of rotatable bonds is 3. The maximum atomic E-state index is 11.3. The Morgan fingerprint density at radius 1 is 1.19 bits per heavy atom. The highest BCUT2D eigenvalue weighted by Crippen LogP contribution is 2.32. The fourth-order valence-corrected chi connectivity index (χ4v) is 2.53. The molecule has 0 N–H and O–H groups in total. The summed E-state index contributed by atoms with van der Waals surface area (Å²) >= 11 is 5.91. The summed E-state index contributed by atoms with van der Waals surface area (Å²) in [7, 11) is -3.64. The van der Waals surface area contributed by atoms with E-state index in [1.54, 1.807) is 36.4 Å². The third kappa shape index (κ3) is 3.01. The van der Waals surface area contributed by atoms with E-state index in [1.165, 1.54) is 6.07 Å². The predicted molar refractivity (Wildman–Crippen MR) is 79.9 cm³/mol. The Labute approximate surface area is 126 Å². The van der Waals surface area contributed by atoms with Crippen LogP contribution in [0.1, 0.15) is 0 Å². The Morgan fingerprint density at radius 3 is 2.71 bits per heavy atom. The van der Waals surface area contributed by atoms with Gasteiger partial charge in [0.25, 0.3) is 0 Å². The molecule has 0 saturated heterocycles. The Kier molecular flexibility index (Phi) is 3.35. The van der Waals surface area contributed by atoms with Gasteiger partial charge in [0.15, 0.2) is 11.3 Å². The SMILES string of the molecule is CS(=O)(=O)Oc1ccccc1-c1nc2cc(Cl)ccc2o1. The second kappa shape index (κ2) is 5.05. The Morgan fingerprint density at radius 2 is 1.95 bits per heavy atom. The average Bonchev–Trinajstić information content (AvgIpc) is 2.80. The van der Waals surface area contributed by atoms with Gasteiger partial charge in [-0.15, -0.1) is 0 Å². The zero-order chi connectivity index (χ0) is 15.0. The van der Waals surface area contributed by atoms with Crippen LogP contribution in [0.3, 0.4) is 0 Å². The van der Waals surface area contributed by atoms with Crippen LogP contribution in [-0.4, -0.2) is 19.7 Å². The van der Waals surface area contributed by atoms with Crippen LogP contribution in [-0.2, 0) is 10.1 Å². The highest BCUT2D eigenvalue weighted by atomic mass is 35.5. The molecule has 108 valence electrons. The quantitative estimate of drug-likeness (QED) is 0.690. The molecule has 2 aromatic carbocycles. The number of halogens is 1. The molecule has 0 unspecified atom stereocenters. The van der Waals surface area contributed by atoms with Crippen molar-refractivity contribution in [2.75, 3.05) is 6.26 Å². The van der Waals surface area contributed by atoms with E-state index < -0.39 is 10.1 Å². The van der Waals surface area contributed by atoms with E-state index in [0.717, 1.165) is 6.26 Å². The number of hydrogen-bond donors (Lipinski definition) is 0. The highest BCUT2D eigenvalue weighted by molar-refractivity contribution is 7.86. The van der Waals surface area contributed by atoms with Crippen molar-refractivity contribution in [3.63, 3.8) is 0 Å². The molecule has 1 heterocycles. The lowest BCUT2D eigenvalue weighted by Gasteiger charge is -2.06. The topological polar surface area (TPSA) is 69.4 Å². The molecular formula is C14H10ClNO4S. The molecule has 0 aliphatic rings. The van der Waals surface area contributed by atoms with Crippen molar-refractivity contribution >= 4 is 32.8 Å². The first-order chi connectivity index (χ1) is 9.92. The van der Waals surface area contributed by atoms with Gasteiger partial charge in [-0.2, -0.15) is 8.42 Å². The molecule has 21 heavy (non-hydrogen) atoms. The number of hydrogen-bond acceptors (Lipinski definition) is 5. The molecule has 5 nitrogen and oxygen atoms in total. The molecule has 0 fully saturated rings. The maximum Gasteiger partial charge on any atom is 0.306 e. The lowest BCUT2D eigenvalue weighted by molar-refractivity contribution is 0.492. The van der Waals surface area contributed by atoms with E-state index in [0.29, 0.717) is 21.7 Å². The summed E-state index contributed by atoms with van der Waals surface area (Å²) < 4.78 is 33.2. The molecule has 0 bridgehead atoms. The third-order valence-electron chi connectivity index (χ3n) is 2.71. The summed E-state index contributed by atoms with van der Waals surface area (Å²) in [5.41, 5.74) is 1.60. The molecule has 0 aliphatic carbocycles. The first kappa shape index (κ1) is 13.9. The van der Waals surface area contributed by atoms with Gasteiger partial charge >= 0.3 is 10.1 Å². The summed E-state index contributed by atoms with van der Waals surface area (Å²) in [5, 5.41) is 0.544. The van der Waals surface area contributed by atoms with Crippen LogP contribution in [0.2, 0.25) is 5.02 Å². The van der Waals surface area contributed by atoms with Crippen LogP contribution in [0, 0.1) is 0 Å². The van der Waals surface area contributed by atoms with Crippen molar-refractivity contribution in [2.45, 2.75) is 0 Å². The molecule has 1 aromatic heterocycles. The minimum atomic E-state index is -3.64. The maximum absolute atomic E-state index is 11.3. The van der Waals surface area contributed by atoms with Crippen molar-refractivity contribution in [1.82, 2.24) is 4.98 Å². The van der Waals surface area contributed by atoms with Crippen LogP contribution < -0.4 is 4.18 Å². The number of fused-ring (bicyclic) bond motifs is 1. The molecule has 0 amide bonds. The highest BCUT2D eigenvalue weighted by Gasteiger charge is 2.16. The molecule has 0 radical (unpaired) electrons. The summed E-state index contributed by atoms with van der Waals surface area (Å²) in [5.74, 6) is 0.434. The van der Waals surface area contributed by atoms with Crippen LogP contribution in [0.5, 0.6) is 5.75 Å². The van der Waals surface area contributed by atoms with Crippen LogP contribution >= 0.6 is 11.6 Å². The van der Waals surface area contributed by atoms with Gasteiger partial charge in [0, 0.05) is 5.02 Å². The number of nitrogens with zero attached hydrogens (tertiary/aromatic N) is 1. The molecule has 0 atom stereocenters. The zero-order valence-electron chi connectivity index (χ0n) is 10.9. The predicted octanol–water partition coefficient (Wildman–Crippen LogP) is 3.49. The molecular weight excluding hydrogens is 314 g/mol. The van der Waals surface area contributed by atoms with Gasteiger partial charge in [0.2, 0.25) is 5.89 Å². The Hall–Kier alpha value is -2.05. The first-order valence-corrected chi connectivity index (χ1v) is 8.17. The summed E-state index contributed by atoms with van der Waals surface area (Å²) in [6.07, 6.45) is 0.982. The monoisotopic (exact) mass is 323 g/mol. The van der Waals surface area contributed by atoms with Gasteiger partial charge in [-0.3, -0.25) is 0 Å². The molecule has 0 aliphatic heterocycles. The summed E-state index contributed by atoms with van der Waals surface area (Å²) in [6, 6.07) is 11.7. The summed E-state index contributed by atoms with van der Waals surface area (Å²) in [6.45, 7) is 0. The van der Waals surface area contributed by atoms with Gasteiger partial charge in [0.1, 0.15) is 5.52 Å². The lowest BCUT2D eigenvalue weighted by Crippen LogP contribution is -2.06. The van der Waals surface area contributed by atoms with Crippen molar-refractivity contribution < 1.29 is 17.0 Å². The number of aromatic nitrogens is 1. The lowest BCUT2D eigenvalue weighted by atomic mass is 10.2. The standard InChI is InChI=1S/C14H10ClNO4S/c1-21(17,18)20-12-5-3-2-4-10(12)14-16-11-8-9(15)6-7-13(11)19-14/h2-8H,1H3. The fourth-order valence-electron chi connectivity index (χ4n) is 1.89. The zero-order valence-corrected chi connectivity index (χ0v) is 12.5. The normalized spacial score (nSPS) is 11.7. The van der Waals surface area contributed by atoms with E-state index in [2.05, 4.69) is 4.98 Å². The molecule has 3 aromatic rings. The minimum absolute atomic E-state index is 0.164. The Balaban J connectivity index is 2.14. The number of oxazole rings is 1. The van der Waals surface area contributed by atoms with E-state index in [4.69, 9.17) is 20.2 Å². The van der Waals surface area contributed by atoms with E-state index in [1.807, 2.05) is 0 Å². The minimum Gasteiger partial charge on any atom is -0.436 e.